The summed E-state index contributed by atoms with van der Waals surface area (Å²) in [6, 6.07) is 19.3. The van der Waals surface area contributed by atoms with Gasteiger partial charge in [0.05, 0.1) is 29.0 Å². The molecule has 198 valence electrons. The Bertz CT molecular complexity index is 1640. The van der Waals surface area contributed by atoms with E-state index in [1.165, 1.54) is 39.9 Å². The molecule has 1 aliphatic heterocycles. The largest absolute Gasteiger partial charge is 0.495 e. The van der Waals surface area contributed by atoms with Gasteiger partial charge in [0.2, 0.25) is 0 Å². The smallest absolute Gasteiger partial charge is 0.279 e. The summed E-state index contributed by atoms with van der Waals surface area (Å²) in [6.45, 7) is 3.92. The van der Waals surface area contributed by atoms with Crippen LogP contribution in [0.1, 0.15) is 29.3 Å². The van der Waals surface area contributed by atoms with Crippen molar-refractivity contribution in [3.63, 3.8) is 0 Å². The van der Waals surface area contributed by atoms with Crippen molar-refractivity contribution >= 4 is 43.2 Å². The summed E-state index contributed by atoms with van der Waals surface area (Å²) in [5.41, 5.74) is 2.90. The van der Waals surface area contributed by atoms with Crippen LogP contribution in [0.4, 0.5) is 5.69 Å². The van der Waals surface area contributed by atoms with Crippen LogP contribution in [0.5, 0.6) is 5.75 Å². The average molecular weight is 552 g/mol. The number of thiazole rings is 1. The summed E-state index contributed by atoms with van der Waals surface area (Å²) in [4.78, 5) is 18.2. The van der Waals surface area contributed by atoms with Crippen molar-refractivity contribution in [2.24, 2.45) is 4.99 Å². The Labute approximate surface area is 225 Å². The maximum absolute atomic E-state index is 13.4. The number of para-hydroxylation sites is 2. The first-order valence-electron chi connectivity index (χ1n) is 12.5. The van der Waals surface area contributed by atoms with Crippen LogP contribution in [0.15, 0.2) is 76.6 Å². The lowest BCUT2D eigenvalue weighted by Gasteiger charge is -2.30. The predicted octanol–water partition coefficient (Wildman–Crippen LogP) is 4.63. The zero-order chi connectivity index (χ0) is 26.7. The van der Waals surface area contributed by atoms with Gasteiger partial charge in [-0.1, -0.05) is 35.6 Å². The number of sulfonamides is 1. The van der Waals surface area contributed by atoms with Gasteiger partial charge in [0, 0.05) is 25.3 Å². The number of benzene rings is 3. The summed E-state index contributed by atoms with van der Waals surface area (Å²) < 4.78 is 42.3. The highest BCUT2D eigenvalue weighted by Gasteiger charge is 2.29. The zero-order valence-electron chi connectivity index (χ0n) is 21.3. The molecule has 0 fully saturated rings. The fraction of sp³-hybridized carbons (Fsp3) is 0.286. The molecule has 38 heavy (non-hydrogen) atoms. The number of aryl methyl sites for hydroxylation is 1. The maximum Gasteiger partial charge on any atom is 0.279 e. The Hall–Kier alpha value is -3.47. The molecule has 10 heteroatoms. The number of ether oxygens (including phenoxy) is 2. The third kappa shape index (κ3) is 4.99. The van der Waals surface area contributed by atoms with Crippen molar-refractivity contribution in [1.82, 2.24) is 4.57 Å². The molecule has 1 amide bonds. The molecular weight excluding hydrogens is 522 g/mol. The van der Waals surface area contributed by atoms with Gasteiger partial charge in [-0.3, -0.25) is 9.10 Å². The molecule has 0 spiro atoms. The molecule has 2 heterocycles. The van der Waals surface area contributed by atoms with Gasteiger partial charge < -0.3 is 14.0 Å². The topological polar surface area (TPSA) is 90.2 Å². The molecule has 0 aliphatic carbocycles. The Morgan fingerprint density at radius 1 is 1.05 bits per heavy atom. The molecule has 0 saturated carbocycles. The zero-order valence-corrected chi connectivity index (χ0v) is 22.9. The third-order valence-electron chi connectivity index (χ3n) is 6.50. The first-order chi connectivity index (χ1) is 18.4. The molecule has 0 atom stereocenters. The molecule has 4 aromatic rings. The molecule has 0 radical (unpaired) electrons. The number of hydrogen-bond donors (Lipinski definition) is 0. The Kier molecular flexibility index (Phi) is 7.64. The highest BCUT2D eigenvalue weighted by molar-refractivity contribution is 7.92. The van der Waals surface area contributed by atoms with Crippen LogP contribution >= 0.6 is 11.3 Å². The lowest BCUT2D eigenvalue weighted by atomic mass is 10.0. The van der Waals surface area contributed by atoms with E-state index >= 15 is 0 Å². The highest BCUT2D eigenvalue weighted by Crippen LogP contribution is 2.32. The number of fused-ring (bicyclic) bond motifs is 2. The third-order valence-corrected chi connectivity index (χ3v) is 9.37. The van der Waals surface area contributed by atoms with E-state index < -0.39 is 15.9 Å². The molecular formula is C28H29N3O5S2. The number of methoxy groups -OCH3 is 1. The van der Waals surface area contributed by atoms with Crippen molar-refractivity contribution in [3.8, 4) is 5.75 Å². The summed E-state index contributed by atoms with van der Waals surface area (Å²) in [5, 5.41) is 0. The van der Waals surface area contributed by atoms with Crippen molar-refractivity contribution in [1.29, 1.82) is 0 Å². The standard InChI is InChI=1S/C28H29N3O5S2/c1-3-36-19-18-30-26-24(35-2)11-6-12-25(26)37-28(30)29-27(32)21-13-15-22(16-14-21)38(33,34)31-17-7-9-20-8-4-5-10-23(20)31/h4-6,8,10-16H,3,7,9,17-19H2,1-2H3. The van der Waals surface area contributed by atoms with Crippen molar-refractivity contribution in [2.75, 3.05) is 31.2 Å². The highest BCUT2D eigenvalue weighted by atomic mass is 32.2. The van der Waals surface area contributed by atoms with Gasteiger partial charge in [-0.25, -0.2) is 8.42 Å². The fourth-order valence-electron chi connectivity index (χ4n) is 4.65. The second-order valence-electron chi connectivity index (χ2n) is 8.79. The van der Waals surface area contributed by atoms with Crippen molar-refractivity contribution < 1.29 is 22.7 Å². The number of carbonyl (C=O) groups excluding carboxylic acids is 1. The van der Waals surface area contributed by atoms with E-state index in [0.717, 1.165) is 28.6 Å². The van der Waals surface area contributed by atoms with Crippen molar-refractivity contribution in [2.45, 2.75) is 31.2 Å². The molecule has 0 saturated heterocycles. The molecule has 5 rings (SSSR count). The number of rotatable bonds is 8. The van der Waals surface area contributed by atoms with Crippen LogP contribution in [0.3, 0.4) is 0 Å². The molecule has 0 N–H and O–H groups in total. The second kappa shape index (κ2) is 11.1. The minimum atomic E-state index is -3.76. The molecule has 1 aliphatic rings. The monoisotopic (exact) mass is 551 g/mol. The number of amides is 1. The van der Waals surface area contributed by atoms with Gasteiger partial charge in [-0.2, -0.15) is 4.99 Å². The van der Waals surface area contributed by atoms with Crippen LogP contribution < -0.4 is 13.8 Å². The minimum Gasteiger partial charge on any atom is -0.495 e. The summed E-state index contributed by atoms with van der Waals surface area (Å²) >= 11 is 1.39. The second-order valence-corrected chi connectivity index (χ2v) is 11.7. The number of hydrogen-bond acceptors (Lipinski definition) is 6. The molecule has 3 aromatic carbocycles. The molecule has 0 bridgehead atoms. The Morgan fingerprint density at radius 3 is 2.61 bits per heavy atom. The SMILES string of the molecule is CCOCCn1c(=NC(=O)c2ccc(S(=O)(=O)N3CCCc4ccccc43)cc2)sc2cccc(OC)c21. The summed E-state index contributed by atoms with van der Waals surface area (Å²) in [6.07, 6.45) is 1.61. The van der Waals surface area contributed by atoms with Gasteiger partial charge in [0.25, 0.3) is 15.9 Å². The fourth-order valence-corrected chi connectivity index (χ4v) is 7.27. The van der Waals surface area contributed by atoms with E-state index in [4.69, 9.17) is 9.47 Å². The van der Waals surface area contributed by atoms with E-state index in [9.17, 15) is 13.2 Å². The number of anilines is 1. The van der Waals surface area contributed by atoms with Crippen molar-refractivity contribution in [3.05, 3.63) is 82.7 Å². The quantitative estimate of drug-likeness (QED) is 0.298. The maximum atomic E-state index is 13.4. The van der Waals surface area contributed by atoms with E-state index in [1.54, 1.807) is 7.11 Å². The number of carbonyl (C=O) groups is 1. The normalized spacial score (nSPS) is 14.1. The van der Waals surface area contributed by atoms with Crippen LogP contribution in [0, 0.1) is 0 Å². The van der Waals surface area contributed by atoms with Gasteiger partial charge in [0.15, 0.2) is 4.80 Å². The molecule has 1 aromatic heterocycles. The first kappa shape index (κ1) is 26.1. The van der Waals surface area contributed by atoms with Crippen LogP contribution in [-0.4, -0.2) is 45.8 Å². The first-order valence-corrected chi connectivity index (χ1v) is 14.7. The summed E-state index contributed by atoms with van der Waals surface area (Å²) in [7, 11) is -2.15. The lowest BCUT2D eigenvalue weighted by molar-refractivity contribution is 0.0996. The van der Waals surface area contributed by atoms with Crippen LogP contribution in [0.2, 0.25) is 0 Å². The molecule has 0 unspecified atom stereocenters. The van der Waals surface area contributed by atoms with E-state index in [2.05, 4.69) is 4.99 Å². The minimum absolute atomic E-state index is 0.143. The van der Waals surface area contributed by atoms with Gasteiger partial charge in [-0.15, -0.1) is 0 Å². The van der Waals surface area contributed by atoms with E-state index in [1.807, 2.05) is 54.0 Å². The van der Waals surface area contributed by atoms with Crippen LogP contribution in [-0.2, 0) is 27.7 Å². The van der Waals surface area contributed by atoms with Gasteiger partial charge >= 0.3 is 0 Å². The van der Waals surface area contributed by atoms with E-state index in [-0.39, 0.29) is 4.90 Å². The van der Waals surface area contributed by atoms with E-state index in [0.29, 0.717) is 48.1 Å². The Balaban J connectivity index is 1.46. The predicted molar refractivity (Wildman–Crippen MR) is 148 cm³/mol. The van der Waals surface area contributed by atoms with Crippen LogP contribution in [0.25, 0.3) is 10.2 Å². The lowest BCUT2D eigenvalue weighted by Crippen LogP contribution is -2.35. The average Bonchev–Trinajstić information content (AvgIpc) is 3.29. The number of aromatic nitrogens is 1. The molecule has 8 nitrogen and oxygen atoms in total. The van der Waals surface area contributed by atoms with Gasteiger partial charge in [0.1, 0.15) is 11.3 Å². The number of nitrogens with zero attached hydrogens (tertiary/aromatic N) is 3. The Morgan fingerprint density at radius 2 is 1.84 bits per heavy atom. The van der Waals surface area contributed by atoms with Gasteiger partial charge in [-0.05, 0) is 67.8 Å². The summed E-state index contributed by atoms with van der Waals surface area (Å²) in [5.74, 6) is 0.242.